The van der Waals surface area contributed by atoms with Crippen LogP contribution >= 0.6 is 0 Å². The van der Waals surface area contributed by atoms with E-state index in [9.17, 15) is 4.39 Å². The molecule has 1 N–H and O–H groups in total. The van der Waals surface area contributed by atoms with Crippen LogP contribution in [0.25, 0.3) is 0 Å². The van der Waals surface area contributed by atoms with Crippen molar-refractivity contribution >= 4 is 5.95 Å². The van der Waals surface area contributed by atoms with Crippen LogP contribution in [0.3, 0.4) is 0 Å². The molecule has 1 aromatic rings. The lowest BCUT2D eigenvalue weighted by atomic mass is 10.1. The summed E-state index contributed by atoms with van der Waals surface area (Å²) in [4.78, 5) is 10.5. The van der Waals surface area contributed by atoms with E-state index in [4.69, 9.17) is 0 Å². The molecule has 0 bridgehead atoms. The topological polar surface area (TPSA) is 41.1 Å². The number of anilines is 1. The van der Waals surface area contributed by atoms with E-state index in [0.717, 1.165) is 12.6 Å². The fraction of sp³-hybridized carbons (Fsp3) is 0.714. The molecule has 2 heterocycles. The van der Waals surface area contributed by atoms with Crippen molar-refractivity contribution in [2.75, 3.05) is 25.0 Å². The van der Waals surface area contributed by atoms with Gasteiger partial charge in [-0.3, -0.25) is 0 Å². The van der Waals surface area contributed by atoms with Crippen LogP contribution in [-0.2, 0) is 0 Å². The third-order valence-corrected chi connectivity index (χ3v) is 4.33. The normalized spacial score (nSPS) is 25.0. The van der Waals surface area contributed by atoms with E-state index in [1.165, 1.54) is 57.6 Å². The van der Waals surface area contributed by atoms with Crippen molar-refractivity contribution < 1.29 is 4.39 Å². The Labute approximate surface area is 113 Å². The summed E-state index contributed by atoms with van der Waals surface area (Å²) < 4.78 is 12.7. The fourth-order valence-corrected chi connectivity index (χ4v) is 3.27. The van der Waals surface area contributed by atoms with E-state index in [2.05, 4.69) is 20.2 Å². The van der Waals surface area contributed by atoms with Crippen LogP contribution in [0.15, 0.2) is 12.4 Å². The number of hydrogen-bond acceptors (Lipinski definition) is 4. The number of halogens is 1. The zero-order valence-corrected chi connectivity index (χ0v) is 11.2. The van der Waals surface area contributed by atoms with Crippen molar-refractivity contribution in [3.05, 3.63) is 18.2 Å². The molecular formula is C14H21FN4. The van der Waals surface area contributed by atoms with Crippen molar-refractivity contribution in [2.24, 2.45) is 5.92 Å². The van der Waals surface area contributed by atoms with Crippen molar-refractivity contribution in [2.45, 2.75) is 38.1 Å². The van der Waals surface area contributed by atoms with E-state index in [1.807, 2.05) is 0 Å². The Morgan fingerprint density at radius 1 is 1.21 bits per heavy atom. The molecule has 3 rings (SSSR count). The van der Waals surface area contributed by atoms with Crippen LogP contribution in [-0.4, -0.2) is 40.5 Å². The number of likely N-dealkylation sites (tertiary alicyclic amines) is 1. The molecule has 1 saturated carbocycles. The molecule has 0 radical (unpaired) electrons. The zero-order valence-electron chi connectivity index (χ0n) is 11.2. The molecule has 1 aromatic heterocycles. The van der Waals surface area contributed by atoms with E-state index < -0.39 is 0 Å². The van der Waals surface area contributed by atoms with Crippen molar-refractivity contribution in [1.82, 2.24) is 14.9 Å². The molecule has 4 nitrogen and oxygen atoms in total. The third kappa shape index (κ3) is 3.21. The summed E-state index contributed by atoms with van der Waals surface area (Å²) in [5, 5.41) is 3.21. The zero-order chi connectivity index (χ0) is 13.1. The van der Waals surface area contributed by atoms with Gasteiger partial charge in [-0.05, 0) is 31.7 Å². The number of hydrogen-bond donors (Lipinski definition) is 1. The first-order valence-corrected chi connectivity index (χ1v) is 7.27. The second kappa shape index (κ2) is 5.82. The maximum absolute atomic E-state index is 12.7. The first-order valence-electron chi connectivity index (χ1n) is 7.27. The lowest BCUT2D eigenvalue weighted by Gasteiger charge is -2.23. The molecule has 1 saturated heterocycles. The second-order valence-electron chi connectivity index (χ2n) is 5.69. The molecule has 104 valence electrons. The van der Waals surface area contributed by atoms with Gasteiger partial charge in [0.25, 0.3) is 0 Å². The van der Waals surface area contributed by atoms with Crippen LogP contribution in [0.4, 0.5) is 10.3 Å². The van der Waals surface area contributed by atoms with Crippen LogP contribution in [0.1, 0.15) is 32.1 Å². The van der Waals surface area contributed by atoms with Gasteiger partial charge in [0.2, 0.25) is 5.95 Å². The minimum absolute atomic E-state index is 0.390. The standard InChI is InChI=1S/C14H21FN4/c15-12-8-17-14(18-9-12)16-7-11-5-6-19(10-11)13-3-1-2-4-13/h8-9,11,13H,1-7,10H2,(H,16,17,18). The molecule has 2 fully saturated rings. The van der Waals surface area contributed by atoms with E-state index >= 15 is 0 Å². The molecule has 19 heavy (non-hydrogen) atoms. The van der Waals surface area contributed by atoms with Gasteiger partial charge in [-0.25, -0.2) is 14.4 Å². The van der Waals surface area contributed by atoms with Crippen LogP contribution < -0.4 is 5.32 Å². The van der Waals surface area contributed by atoms with Gasteiger partial charge in [0.1, 0.15) is 0 Å². The number of nitrogens with one attached hydrogen (secondary N) is 1. The highest BCUT2D eigenvalue weighted by atomic mass is 19.1. The largest absolute Gasteiger partial charge is 0.354 e. The van der Waals surface area contributed by atoms with Gasteiger partial charge in [-0.1, -0.05) is 12.8 Å². The number of aromatic nitrogens is 2. The highest BCUT2D eigenvalue weighted by molar-refractivity contribution is 5.22. The van der Waals surface area contributed by atoms with Gasteiger partial charge in [0, 0.05) is 19.1 Å². The van der Waals surface area contributed by atoms with Gasteiger partial charge in [0.15, 0.2) is 5.82 Å². The highest BCUT2D eigenvalue weighted by Gasteiger charge is 2.29. The molecule has 1 aliphatic carbocycles. The Morgan fingerprint density at radius 3 is 2.68 bits per heavy atom. The summed E-state index contributed by atoms with van der Waals surface area (Å²) in [6.07, 6.45) is 9.19. The van der Waals surface area contributed by atoms with Crippen LogP contribution in [0, 0.1) is 11.7 Å². The molecule has 5 heteroatoms. The van der Waals surface area contributed by atoms with Gasteiger partial charge in [-0.15, -0.1) is 0 Å². The van der Waals surface area contributed by atoms with Crippen LogP contribution in [0.2, 0.25) is 0 Å². The maximum Gasteiger partial charge on any atom is 0.222 e. The molecule has 0 spiro atoms. The second-order valence-corrected chi connectivity index (χ2v) is 5.69. The summed E-state index contributed by atoms with van der Waals surface area (Å²) in [5.41, 5.74) is 0. The maximum atomic E-state index is 12.7. The highest BCUT2D eigenvalue weighted by Crippen LogP contribution is 2.28. The monoisotopic (exact) mass is 264 g/mol. The Bertz CT molecular complexity index is 402. The van der Waals surface area contributed by atoms with Crippen molar-refractivity contribution in [3.63, 3.8) is 0 Å². The summed E-state index contributed by atoms with van der Waals surface area (Å²) in [6.45, 7) is 3.29. The van der Waals surface area contributed by atoms with Gasteiger partial charge < -0.3 is 10.2 Å². The predicted octanol–water partition coefficient (Wildman–Crippen LogP) is 2.29. The first kappa shape index (κ1) is 12.8. The average Bonchev–Trinajstić information content (AvgIpc) is 3.09. The number of rotatable bonds is 4. The first-order chi connectivity index (χ1) is 9.31. The van der Waals surface area contributed by atoms with Gasteiger partial charge in [0.05, 0.1) is 12.4 Å². The molecule has 1 aliphatic heterocycles. The lowest BCUT2D eigenvalue weighted by Crippen LogP contribution is -2.31. The predicted molar refractivity (Wildman–Crippen MR) is 72.4 cm³/mol. The van der Waals surface area contributed by atoms with Crippen LogP contribution in [0.5, 0.6) is 0 Å². The minimum Gasteiger partial charge on any atom is -0.354 e. The summed E-state index contributed by atoms with van der Waals surface area (Å²) >= 11 is 0. The van der Waals surface area contributed by atoms with E-state index in [1.54, 1.807) is 0 Å². The van der Waals surface area contributed by atoms with E-state index in [-0.39, 0.29) is 5.82 Å². The average molecular weight is 264 g/mol. The number of nitrogens with zero attached hydrogens (tertiary/aromatic N) is 3. The summed E-state index contributed by atoms with van der Waals surface area (Å²) in [5.74, 6) is 0.800. The van der Waals surface area contributed by atoms with Gasteiger partial charge >= 0.3 is 0 Å². The van der Waals surface area contributed by atoms with E-state index in [0.29, 0.717) is 11.9 Å². The molecule has 1 unspecified atom stereocenters. The molecule has 0 aromatic carbocycles. The Hall–Kier alpha value is -1.23. The Balaban J connectivity index is 1.45. The summed E-state index contributed by atoms with van der Waals surface area (Å²) in [7, 11) is 0. The van der Waals surface area contributed by atoms with Gasteiger partial charge in [-0.2, -0.15) is 0 Å². The smallest absolute Gasteiger partial charge is 0.222 e. The lowest BCUT2D eigenvalue weighted by molar-refractivity contribution is 0.238. The quantitative estimate of drug-likeness (QED) is 0.906. The van der Waals surface area contributed by atoms with Crippen molar-refractivity contribution in [3.8, 4) is 0 Å². The third-order valence-electron chi connectivity index (χ3n) is 4.33. The SMILES string of the molecule is Fc1cnc(NCC2CCN(C3CCCC3)C2)nc1. The summed E-state index contributed by atoms with van der Waals surface area (Å²) in [6, 6.07) is 0.826. The molecule has 1 atom stereocenters. The fourth-order valence-electron chi connectivity index (χ4n) is 3.27. The molecule has 2 aliphatic rings. The van der Waals surface area contributed by atoms with Crippen molar-refractivity contribution in [1.29, 1.82) is 0 Å². The minimum atomic E-state index is -0.390. The Morgan fingerprint density at radius 2 is 1.95 bits per heavy atom. The Kier molecular flexibility index (Phi) is 3.92. The molecule has 0 amide bonds. The molecular weight excluding hydrogens is 243 g/mol.